The lowest BCUT2D eigenvalue weighted by Crippen LogP contribution is -2.40. The van der Waals surface area contributed by atoms with E-state index >= 15 is 0 Å². The van der Waals surface area contributed by atoms with E-state index in [0.29, 0.717) is 44.1 Å². The van der Waals surface area contributed by atoms with E-state index in [1.54, 1.807) is 52.0 Å². The quantitative estimate of drug-likeness (QED) is 0.862. The van der Waals surface area contributed by atoms with Crippen LogP contribution in [0.15, 0.2) is 47.6 Å². The van der Waals surface area contributed by atoms with Crippen molar-refractivity contribution in [1.29, 1.82) is 0 Å². The average molecular weight is 384 g/mol. The van der Waals surface area contributed by atoms with Crippen LogP contribution in [0.1, 0.15) is 10.4 Å². The maximum Gasteiger partial charge on any atom is 0.326 e. The maximum atomic E-state index is 12.8. The molecule has 1 aromatic heterocycles. The van der Waals surface area contributed by atoms with Gasteiger partial charge in [0.15, 0.2) is 0 Å². The van der Waals surface area contributed by atoms with Gasteiger partial charge in [-0.25, -0.2) is 9.78 Å². The molecule has 1 N–H and O–H groups in total. The SMILES string of the molecule is O=C(c1cccc(NC(=O)N2CCSc3ncccc32)c1)N1CCOCC1. The highest BCUT2D eigenvalue weighted by molar-refractivity contribution is 7.99. The molecule has 0 radical (unpaired) electrons. The third-order valence-corrected chi connectivity index (χ3v) is 5.47. The molecule has 3 heterocycles. The maximum absolute atomic E-state index is 12.8. The molecular weight excluding hydrogens is 364 g/mol. The number of carbonyl (C=O) groups excluding carboxylic acids is 2. The summed E-state index contributed by atoms with van der Waals surface area (Å²) in [6.45, 7) is 2.90. The van der Waals surface area contributed by atoms with Crippen LogP contribution < -0.4 is 10.2 Å². The van der Waals surface area contributed by atoms with Crippen LogP contribution in [-0.2, 0) is 4.74 Å². The van der Waals surface area contributed by atoms with Gasteiger partial charge in [-0.3, -0.25) is 9.69 Å². The summed E-state index contributed by atoms with van der Waals surface area (Å²) < 4.78 is 5.29. The molecule has 0 saturated carbocycles. The van der Waals surface area contributed by atoms with E-state index in [0.717, 1.165) is 16.5 Å². The molecule has 7 nitrogen and oxygen atoms in total. The van der Waals surface area contributed by atoms with Crippen molar-refractivity contribution in [3.8, 4) is 0 Å². The lowest BCUT2D eigenvalue weighted by Gasteiger charge is -2.28. The highest BCUT2D eigenvalue weighted by Gasteiger charge is 2.24. The zero-order chi connectivity index (χ0) is 18.6. The minimum absolute atomic E-state index is 0.0432. The van der Waals surface area contributed by atoms with E-state index in [1.807, 2.05) is 12.1 Å². The van der Waals surface area contributed by atoms with Gasteiger partial charge in [-0.05, 0) is 30.3 Å². The van der Waals surface area contributed by atoms with Gasteiger partial charge in [0, 0.05) is 42.8 Å². The van der Waals surface area contributed by atoms with Crippen molar-refractivity contribution in [1.82, 2.24) is 9.88 Å². The van der Waals surface area contributed by atoms with Gasteiger partial charge in [-0.1, -0.05) is 6.07 Å². The summed E-state index contributed by atoms with van der Waals surface area (Å²) in [4.78, 5) is 33.2. The largest absolute Gasteiger partial charge is 0.378 e. The first-order valence-electron chi connectivity index (χ1n) is 8.86. The van der Waals surface area contributed by atoms with Crippen molar-refractivity contribution in [3.63, 3.8) is 0 Å². The minimum Gasteiger partial charge on any atom is -0.378 e. The third kappa shape index (κ3) is 3.91. The number of rotatable bonds is 2. The fourth-order valence-corrected chi connectivity index (χ4v) is 4.06. The number of carbonyl (C=O) groups is 2. The molecule has 3 amide bonds. The molecule has 0 spiro atoms. The number of benzene rings is 1. The fourth-order valence-electron chi connectivity index (χ4n) is 3.13. The number of fused-ring (bicyclic) bond motifs is 1. The Labute approximate surface area is 161 Å². The van der Waals surface area contributed by atoms with Crippen LogP contribution in [0, 0.1) is 0 Å². The first kappa shape index (κ1) is 17.8. The van der Waals surface area contributed by atoms with Crippen LogP contribution in [0.5, 0.6) is 0 Å². The van der Waals surface area contributed by atoms with Crippen molar-refractivity contribution < 1.29 is 14.3 Å². The Balaban J connectivity index is 1.49. The van der Waals surface area contributed by atoms with Crippen molar-refractivity contribution >= 4 is 35.1 Å². The van der Waals surface area contributed by atoms with Gasteiger partial charge in [-0.15, -0.1) is 11.8 Å². The minimum atomic E-state index is -0.222. The van der Waals surface area contributed by atoms with Crippen LogP contribution >= 0.6 is 11.8 Å². The molecule has 0 atom stereocenters. The fraction of sp³-hybridized carbons (Fsp3) is 0.316. The van der Waals surface area contributed by atoms with Crippen LogP contribution in [0.2, 0.25) is 0 Å². The number of aromatic nitrogens is 1. The van der Waals surface area contributed by atoms with Gasteiger partial charge in [0.05, 0.1) is 18.9 Å². The van der Waals surface area contributed by atoms with E-state index in [1.165, 1.54) is 0 Å². The summed E-state index contributed by atoms with van der Waals surface area (Å²) >= 11 is 1.65. The first-order chi connectivity index (χ1) is 13.2. The molecule has 27 heavy (non-hydrogen) atoms. The van der Waals surface area contributed by atoms with E-state index in [2.05, 4.69) is 10.3 Å². The summed E-state index contributed by atoms with van der Waals surface area (Å²) in [5.41, 5.74) is 1.97. The number of hydrogen-bond donors (Lipinski definition) is 1. The van der Waals surface area contributed by atoms with Gasteiger partial charge in [0.2, 0.25) is 0 Å². The Morgan fingerprint density at radius 1 is 1.11 bits per heavy atom. The van der Waals surface area contributed by atoms with Gasteiger partial charge >= 0.3 is 6.03 Å². The second-order valence-electron chi connectivity index (χ2n) is 6.24. The molecule has 1 saturated heterocycles. The van der Waals surface area contributed by atoms with Crippen LogP contribution in [-0.4, -0.2) is 60.4 Å². The zero-order valence-electron chi connectivity index (χ0n) is 14.8. The van der Waals surface area contributed by atoms with Crippen LogP contribution in [0.3, 0.4) is 0 Å². The van der Waals surface area contributed by atoms with Crippen molar-refractivity contribution in [2.24, 2.45) is 0 Å². The Kier molecular flexibility index (Phi) is 5.26. The van der Waals surface area contributed by atoms with Crippen molar-refractivity contribution in [2.75, 3.05) is 48.8 Å². The van der Waals surface area contributed by atoms with E-state index in [-0.39, 0.29) is 11.9 Å². The Morgan fingerprint density at radius 3 is 2.81 bits per heavy atom. The molecule has 1 aromatic carbocycles. The summed E-state index contributed by atoms with van der Waals surface area (Å²) in [6.07, 6.45) is 1.73. The molecule has 2 aliphatic rings. The number of urea groups is 1. The zero-order valence-corrected chi connectivity index (χ0v) is 15.6. The third-order valence-electron chi connectivity index (χ3n) is 4.50. The number of anilines is 2. The van der Waals surface area contributed by atoms with E-state index in [4.69, 9.17) is 4.74 Å². The number of ether oxygens (including phenoxy) is 1. The predicted molar refractivity (Wildman–Crippen MR) is 104 cm³/mol. The number of hydrogen-bond acceptors (Lipinski definition) is 5. The highest BCUT2D eigenvalue weighted by atomic mass is 32.2. The molecule has 0 unspecified atom stereocenters. The molecule has 4 rings (SSSR count). The lowest BCUT2D eigenvalue weighted by atomic mass is 10.1. The first-order valence-corrected chi connectivity index (χ1v) is 9.84. The summed E-state index contributed by atoms with van der Waals surface area (Å²) in [5, 5.41) is 3.76. The molecular formula is C19H20N4O3S. The molecule has 0 aliphatic carbocycles. The summed E-state index contributed by atoms with van der Waals surface area (Å²) in [5.74, 6) is 0.755. The number of amides is 3. The standard InChI is InChI=1S/C19H20N4O3S/c24-18(22-7-10-26-11-8-22)14-3-1-4-15(13-14)21-19(25)23-9-12-27-17-16(23)5-2-6-20-17/h1-6,13H,7-12H2,(H,21,25). The molecule has 2 aliphatic heterocycles. The van der Waals surface area contributed by atoms with Gasteiger partial charge < -0.3 is 15.0 Å². The van der Waals surface area contributed by atoms with Crippen LogP contribution in [0.4, 0.5) is 16.2 Å². The number of nitrogens with zero attached hydrogens (tertiary/aromatic N) is 3. The van der Waals surface area contributed by atoms with Gasteiger partial charge in [0.25, 0.3) is 5.91 Å². The van der Waals surface area contributed by atoms with Gasteiger partial charge in [-0.2, -0.15) is 0 Å². The Morgan fingerprint density at radius 2 is 1.96 bits per heavy atom. The second-order valence-corrected chi connectivity index (χ2v) is 7.33. The topological polar surface area (TPSA) is 74.8 Å². The lowest BCUT2D eigenvalue weighted by molar-refractivity contribution is 0.0303. The van der Waals surface area contributed by atoms with E-state index in [9.17, 15) is 9.59 Å². The second kappa shape index (κ2) is 7.98. The molecule has 2 aromatic rings. The molecule has 1 fully saturated rings. The van der Waals surface area contributed by atoms with E-state index < -0.39 is 0 Å². The molecule has 140 valence electrons. The monoisotopic (exact) mass is 384 g/mol. The number of thioether (sulfide) groups is 1. The van der Waals surface area contributed by atoms with Crippen LogP contribution in [0.25, 0.3) is 0 Å². The number of pyridine rings is 1. The number of nitrogens with one attached hydrogen (secondary N) is 1. The predicted octanol–water partition coefficient (Wildman–Crippen LogP) is 2.70. The summed E-state index contributed by atoms with van der Waals surface area (Å²) in [6, 6.07) is 10.6. The highest BCUT2D eigenvalue weighted by Crippen LogP contribution is 2.32. The smallest absolute Gasteiger partial charge is 0.326 e. The average Bonchev–Trinajstić information content (AvgIpc) is 2.73. The Hall–Kier alpha value is -2.58. The van der Waals surface area contributed by atoms with Crippen molar-refractivity contribution in [3.05, 3.63) is 48.2 Å². The number of morpholine rings is 1. The molecule has 8 heteroatoms. The summed E-state index contributed by atoms with van der Waals surface area (Å²) in [7, 11) is 0. The van der Waals surface area contributed by atoms with Crippen molar-refractivity contribution in [2.45, 2.75) is 5.03 Å². The van der Waals surface area contributed by atoms with Gasteiger partial charge in [0.1, 0.15) is 5.03 Å². The molecule has 0 bridgehead atoms. The Bertz CT molecular complexity index is 854. The normalized spacial score (nSPS) is 16.6.